The van der Waals surface area contributed by atoms with E-state index < -0.39 is 11.9 Å². The summed E-state index contributed by atoms with van der Waals surface area (Å²) in [7, 11) is 0. The number of aliphatic carboxylic acids is 2. The molecule has 2 heterocycles. The molecule has 90 valence electrons. The van der Waals surface area contributed by atoms with Crippen LogP contribution >= 0.6 is 11.8 Å². The van der Waals surface area contributed by atoms with Gasteiger partial charge in [0.1, 0.15) is 5.70 Å². The van der Waals surface area contributed by atoms with Gasteiger partial charge in [-0.05, 0) is 6.42 Å². The van der Waals surface area contributed by atoms with Crippen molar-refractivity contribution in [2.24, 2.45) is 0 Å². The van der Waals surface area contributed by atoms with Crippen molar-refractivity contribution in [3.63, 3.8) is 0 Å². The van der Waals surface area contributed by atoms with Gasteiger partial charge in [0.15, 0.2) is 0 Å². The second-order valence-electron chi connectivity index (χ2n) is 3.51. The van der Waals surface area contributed by atoms with E-state index in [4.69, 9.17) is 10.2 Å². The maximum absolute atomic E-state index is 11.2. The van der Waals surface area contributed by atoms with Gasteiger partial charge in [0.2, 0.25) is 5.91 Å². The van der Waals surface area contributed by atoms with Crippen molar-refractivity contribution < 1.29 is 24.6 Å². The van der Waals surface area contributed by atoms with E-state index in [1.165, 1.54) is 16.7 Å². The zero-order valence-corrected chi connectivity index (χ0v) is 8.99. The number of allylic oxidation sites excluding steroid dienone is 1. The number of fused-ring (bicyclic) bond motifs is 1. The second-order valence-corrected chi connectivity index (χ2v) is 4.78. The van der Waals surface area contributed by atoms with E-state index in [0.29, 0.717) is 11.3 Å². The number of carbonyl (C=O) groups is 3. The number of nitrogens with zero attached hydrogens (tertiary/aromatic N) is 1. The normalized spacial score (nSPS) is 20.6. The van der Waals surface area contributed by atoms with Crippen molar-refractivity contribution in [1.29, 1.82) is 0 Å². The van der Waals surface area contributed by atoms with Gasteiger partial charge >= 0.3 is 71.1 Å². The fraction of sp³-hybridized carbons (Fsp3) is 0.444. The molecule has 9 heteroatoms. The summed E-state index contributed by atoms with van der Waals surface area (Å²) in [4.78, 5) is 34.3. The molecule has 2 aliphatic rings. The third-order valence-electron chi connectivity index (χ3n) is 2.46. The molecule has 0 unspecified atom stereocenters. The quantitative estimate of drug-likeness (QED) is 0.518. The molecule has 1 atom stereocenters. The fourth-order valence-corrected chi connectivity index (χ4v) is 3.12. The first-order valence-electron chi connectivity index (χ1n) is 4.67. The predicted octanol–water partition coefficient (Wildman–Crippen LogP) is -0.844. The van der Waals surface area contributed by atoms with Crippen LogP contribution in [0.1, 0.15) is 19.3 Å². The molecule has 0 aromatic carbocycles. The Labute approximate surface area is 152 Å². The number of rotatable bonds is 4. The maximum atomic E-state index is 11.2. The van der Waals surface area contributed by atoms with Crippen molar-refractivity contribution in [2.75, 3.05) is 0 Å². The molecule has 2 rings (SSSR count). The van der Waals surface area contributed by atoms with E-state index in [0.717, 1.165) is 0 Å². The van der Waals surface area contributed by atoms with Crippen molar-refractivity contribution in [3.8, 4) is 0 Å². The Morgan fingerprint density at radius 2 is 1.94 bits per heavy atom. The molecule has 2 aliphatic heterocycles. The Hall–Kier alpha value is 0.500. The summed E-state index contributed by atoms with van der Waals surface area (Å²) in [5, 5.41) is 17.4. The Bertz CT molecular complexity index is 425. The molecule has 18 heavy (non-hydrogen) atoms. The molecule has 1 amide bonds. The Balaban J connectivity index is 0.00000144. The van der Waals surface area contributed by atoms with E-state index in [1.54, 1.807) is 0 Å². The molecule has 1 saturated heterocycles. The third kappa shape index (κ3) is 3.53. The van der Waals surface area contributed by atoms with Crippen LogP contribution in [0.3, 0.4) is 0 Å². The van der Waals surface area contributed by atoms with Gasteiger partial charge in [0.25, 0.3) is 0 Å². The molecule has 0 radical (unpaired) electrons. The fourth-order valence-electron chi connectivity index (χ4n) is 1.72. The van der Waals surface area contributed by atoms with E-state index in [9.17, 15) is 14.4 Å². The summed E-state index contributed by atoms with van der Waals surface area (Å²) in [5.74, 6) is -2.35. The van der Waals surface area contributed by atoms with Crippen molar-refractivity contribution in [1.82, 2.24) is 4.90 Å². The van der Waals surface area contributed by atoms with Gasteiger partial charge in [-0.25, -0.2) is 4.79 Å². The molecule has 6 nitrogen and oxygen atoms in total. The first-order chi connectivity index (χ1) is 7.50. The Kier molecular flexibility index (Phi) is 7.53. The number of hydrogen-bond acceptors (Lipinski definition) is 4. The van der Waals surface area contributed by atoms with Gasteiger partial charge in [-0.3, -0.25) is 14.5 Å². The topological polar surface area (TPSA) is 94.9 Å². The molecule has 0 saturated carbocycles. The van der Waals surface area contributed by atoms with Crippen LogP contribution in [0, 0.1) is 0 Å². The van der Waals surface area contributed by atoms with E-state index in [2.05, 4.69) is 0 Å². The summed E-state index contributed by atoms with van der Waals surface area (Å²) >= 11 is 1.28. The number of thioether (sulfide) groups is 1. The number of β-lactam (4-membered cyclic amide) rings is 1. The van der Waals surface area contributed by atoms with Gasteiger partial charge in [-0.1, -0.05) is 0 Å². The van der Waals surface area contributed by atoms with Crippen LogP contribution < -0.4 is 0 Å². The average Bonchev–Trinajstić information content (AvgIpc) is 2.47. The standard InChI is InChI=1S/C9H9NO5S.2Na.2H/c11-5-3-6-10(5)8(9(14)15)4(16-6)1-2-7(12)13;;;;/h6H,1-3H2,(H,12,13)(H,14,15);;;;/t6-;;;;/m1..../s1. The van der Waals surface area contributed by atoms with E-state index in [-0.39, 0.29) is 88.9 Å². The minimum atomic E-state index is -1.16. The summed E-state index contributed by atoms with van der Waals surface area (Å²) in [5.41, 5.74) is -0.0347. The SMILES string of the molecule is O=C(O)CCC1=C(C(=O)O)N2C(=O)C[C@H]2S1.[NaH].[NaH]. The van der Waals surface area contributed by atoms with Gasteiger partial charge in [0, 0.05) is 11.3 Å². The number of amides is 1. The molecule has 0 aromatic rings. The van der Waals surface area contributed by atoms with Gasteiger partial charge in [-0.15, -0.1) is 11.8 Å². The summed E-state index contributed by atoms with van der Waals surface area (Å²) in [6.45, 7) is 0. The average molecular weight is 291 g/mol. The van der Waals surface area contributed by atoms with Crippen molar-refractivity contribution in [3.05, 3.63) is 10.6 Å². The van der Waals surface area contributed by atoms with Crippen LogP contribution in [0.15, 0.2) is 10.6 Å². The van der Waals surface area contributed by atoms with Crippen molar-refractivity contribution in [2.45, 2.75) is 24.6 Å². The van der Waals surface area contributed by atoms with Crippen LogP contribution in [0.25, 0.3) is 0 Å². The van der Waals surface area contributed by atoms with Crippen LogP contribution in [0.4, 0.5) is 0 Å². The number of hydrogen-bond donors (Lipinski definition) is 2. The van der Waals surface area contributed by atoms with Crippen LogP contribution in [-0.2, 0) is 14.4 Å². The summed E-state index contributed by atoms with van der Waals surface area (Å²) in [6.07, 6.45) is 0.383. The zero-order valence-electron chi connectivity index (χ0n) is 8.17. The molecular weight excluding hydrogens is 280 g/mol. The predicted molar refractivity (Wildman–Crippen MR) is 68.7 cm³/mol. The molecule has 1 fully saturated rings. The van der Waals surface area contributed by atoms with Gasteiger partial charge in [-0.2, -0.15) is 0 Å². The van der Waals surface area contributed by atoms with Gasteiger partial charge in [0.05, 0.1) is 11.8 Å². The molecule has 0 aromatic heterocycles. The number of carboxylic acids is 2. The second kappa shape index (κ2) is 7.33. The van der Waals surface area contributed by atoms with E-state index >= 15 is 0 Å². The summed E-state index contributed by atoms with van der Waals surface area (Å²) in [6, 6.07) is 0. The first kappa shape index (κ1) is 18.5. The molecule has 0 aliphatic carbocycles. The minimum absolute atomic E-state index is 0. The van der Waals surface area contributed by atoms with E-state index in [1.807, 2.05) is 0 Å². The van der Waals surface area contributed by atoms with Crippen LogP contribution in [-0.4, -0.2) is 97.4 Å². The number of carbonyl (C=O) groups excluding carboxylic acids is 1. The molecular formula is C9H11NNa2O5S. The zero-order chi connectivity index (χ0) is 11.9. The third-order valence-corrected chi connectivity index (χ3v) is 3.79. The molecule has 2 N–H and O–H groups in total. The molecule has 0 bridgehead atoms. The van der Waals surface area contributed by atoms with Gasteiger partial charge < -0.3 is 10.2 Å². The Morgan fingerprint density at radius 1 is 1.33 bits per heavy atom. The van der Waals surface area contributed by atoms with Crippen LogP contribution in [0.5, 0.6) is 0 Å². The van der Waals surface area contributed by atoms with Crippen molar-refractivity contribution >= 4 is 88.7 Å². The summed E-state index contributed by atoms with van der Waals surface area (Å²) < 4.78 is 0. The van der Waals surface area contributed by atoms with Crippen LogP contribution in [0.2, 0.25) is 0 Å². The molecule has 0 spiro atoms. The number of carboxylic acid groups (broad SMARTS) is 2. The monoisotopic (exact) mass is 291 g/mol. The first-order valence-corrected chi connectivity index (χ1v) is 5.55. The Morgan fingerprint density at radius 3 is 2.39 bits per heavy atom.